The maximum Gasteiger partial charge on any atom is 0.192 e. The zero-order valence-corrected chi connectivity index (χ0v) is 10.6. The van der Waals surface area contributed by atoms with Gasteiger partial charge in [0.2, 0.25) is 0 Å². The molecule has 1 aromatic carbocycles. The lowest BCUT2D eigenvalue weighted by Gasteiger charge is -2.23. The number of aryl methyl sites for hydroxylation is 1. The number of hydrogen-bond acceptors (Lipinski definition) is 4. The Kier molecular flexibility index (Phi) is 3.07. The van der Waals surface area contributed by atoms with Gasteiger partial charge in [0.1, 0.15) is 5.52 Å². The second-order valence-electron chi connectivity index (χ2n) is 5.14. The lowest BCUT2D eigenvalue weighted by molar-refractivity contribution is 0.406. The number of rotatable bonds is 4. The first-order valence-electron chi connectivity index (χ1n) is 5.81. The van der Waals surface area contributed by atoms with Crippen molar-refractivity contribution < 1.29 is 4.42 Å². The normalized spacial score (nSPS) is 12.0. The van der Waals surface area contributed by atoms with Crippen molar-refractivity contribution in [3.63, 3.8) is 0 Å². The number of anilines is 1. The molecule has 0 saturated heterocycles. The number of benzene rings is 1. The number of nitrogens with two attached hydrogens (primary N) is 1. The van der Waals surface area contributed by atoms with Gasteiger partial charge in [0, 0.05) is 19.2 Å². The molecular formula is C13H19N3O. The summed E-state index contributed by atoms with van der Waals surface area (Å²) in [4.78, 5) is 4.31. The molecule has 0 aliphatic carbocycles. The predicted octanol–water partition coefficient (Wildman–Crippen LogP) is 2.53. The topological polar surface area (TPSA) is 64.1 Å². The lowest BCUT2D eigenvalue weighted by Crippen LogP contribution is -2.31. The molecule has 92 valence electrons. The van der Waals surface area contributed by atoms with Crippen LogP contribution in [-0.2, 0) is 0 Å². The van der Waals surface area contributed by atoms with Crippen LogP contribution in [0.1, 0.15) is 19.7 Å². The van der Waals surface area contributed by atoms with Crippen molar-refractivity contribution in [1.29, 1.82) is 0 Å². The van der Waals surface area contributed by atoms with Gasteiger partial charge in [-0.25, -0.2) is 4.98 Å². The van der Waals surface area contributed by atoms with Crippen LogP contribution in [0.3, 0.4) is 0 Å². The van der Waals surface area contributed by atoms with Gasteiger partial charge >= 0.3 is 0 Å². The molecule has 0 fully saturated rings. The van der Waals surface area contributed by atoms with E-state index in [0.29, 0.717) is 12.4 Å². The Hall–Kier alpha value is -1.55. The summed E-state index contributed by atoms with van der Waals surface area (Å²) in [7, 11) is 0. The van der Waals surface area contributed by atoms with Crippen molar-refractivity contribution in [2.75, 3.05) is 18.4 Å². The number of aromatic nitrogens is 1. The van der Waals surface area contributed by atoms with Crippen LogP contribution in [0.5, 0.6) is 0 Å². The average molecular weight is 233 g/mol. The highest BCUT2D eigenvalue weighted by Gasteiger charge is 2.15. The zero-order valence-electron chi connectivity index (χ0n) is 10.6. The smallest absolute Gasteiger partial charge is 0.192 e. The molecule has 2 rings (SSSR count). The molecule has 3 N–H and O–H groups in total. The van der Waals surface area contributed by atoms with Crippen LogP contribution in [0.2, 0.25) is 0 Å². The fourth-order valence-corrected chi connectivity index (χ4v) is 1.57. The molecule has 1 heterocycles. The first-order chi connectivity index (χ1) is 8.00. The molecule has 0 aliphatic heterocycles. The molecule has 0 radical (unpaired) electrons. The minimum atomic E-state index is 0.0920. The molecule has 2 aromatic rings. The van der Waals surface area contributed by atoms with Crippen LogP contribution < -0.4 is 11.1 Å². The van der Waals surface area contributed by atoms with Gasteiger partial charge in [-0.15, -0.1) is 0 Å². The summed E-state index contributed by atoms with van der Waals surface area (Å²) in [6.07, 6.45) is 0. The first kappa shape index (κ1) is 11.9. The Morgan fingerprint density at radius 3 is 2.88 bits per heavy atom. The molecule has 4 heteroatoms. The molecule has 0 aliphatic rings. The summed E-state index contributed by atoms with van der Waals surface area (Å²) in [6.45, 7) is 7.62. The van der Waals surface area contributed by atoms with Crippen molar-refractivity contribution >= 4 is 16.8 Å². The van der Waals surface area contributed by atoms with E-state index in [9.17, 15) is 0 Å². The minimum absolute atomic E-state index is 0.0920. The van der Waals surface area contributed by atoms with Crippen LogP contribution in [0.25, 0.3) is 11.1 Å². The number of fused-ring (bicyclic) bond motifs is 1. The average Bonchev–Trinajstić information content (AvgIpc) is 2.66. The molecule has 0 bridgehead atoms. The van der Waals surface area contributed by atoms with E-state index < -0.39 is 0 Å². The summed E-state index contributed by atoms with van der Waals surface area (Å²) in [5.41, 5.74) is 8.55. The Morgan fingerprint density at radius 2 is 2.18 bits per heavy atom. The Bertz CT molecular complexity index is 516. The van der Waals surface area contributed by atoms with Gasteiger partial charge in [-0.05, 0) is 30.2 Å². The van der Waals surface area contributed by atoms with Gasteiger partial charge in [0.25, 0.3) is 0 Å². The van der Waals surface area contributed by atoms with E-state index >= 15 is 0 Å². The third kappa shape index (κ3) is 2.77. The van der Waals surface area contributed by atoms with E-state index in [-0.39, 0.29) is 5.41 Å². The second kappa shape index (κ2) is 4.37. The third-order valence-electron chi connectivity index (χ3n) is 2.82. The Balaban J connectivity index is 2.14. The maximum absolute atomic E-state index is 5.70. The van der Waals surface area contributed by atoms with Gasteiger partial charge < -0.3 is 15.5 Å². The third-order valence-corrected chi connectivity index (χ3v) is 2.82. The number of nitrogens with zero attached hydrogens (tertiary/aromatic N) is 1. The summed E-state index contributed by atoms with van der Waals surface area (Å²) in [5.74, 6) is 0.694. The highest BCUT2D eigenvalue weighted by Crippen LogP contribution is 2.21. The van der Waals surface area contributed by atoms with Crippen molar-refractivity contribution in [2.45, 2.75) is 20.8 Å². The van der Waals surface area contributed by atoms with Crippen LogP contribution in [0, 0.1) is 12.3 Å². The second-order valence-corrected chi connectivity index (χ2v) is 5.14. The van der Waals surface area contributed by atoms with E-state index in [1.54, 1.807) is 0 Å². The molecule has 0 amide bonds. The highest BCUT2D eigenvalue weighted by molar-refractivity contribution is 5.77. The van der Waals surface area contributed by atoms with Crippen molar-refractivity contribution in [2.24, 2.45) is 11.1 Å². The molecule has 4 nitrogen and oxygen atoms in total. The lowest BCUT2D eigenvalue weighted by atomic mass is 9.94. The van der Waals surface area contributed by atoms with E-state index in [2.05, 4.69) is 24.1 Å². The Morgan fingerprint density at radius 1 is 1.41 bits per heavy atom. The van der Waals surface area contributed by atoms with E-state index in [0.717, 1.165) is 23.3 Å². The molecule has 17 heavy (non-hydrogen) atoms. The zero-order chi connectivity index (χ0) is 12.5. The standard InChI is InChI=1S/C13H19N3O/c1-9-16-11-6-10(4-5-12(11)17-9)15-8-13(2,3)7-14/h4-6,15H,7-8,14H2,1-3H3. The molecular weight excluding hydrogens is 214 g/mol. The summed E-state index contributed by atoms with van der Waals surface area (Å²) >= 11 is 0. The fourth-order valence-electron chi connectivity index (χ4n) is 1.57. The van der Waals surface area contributed by atoms with Crippen LogP contribution in [0.15, 0.2) is 22.6 Å². The van der Waals surface area contributed by atoms with Crippen molar-refractivity contribution in [1.82, 2.24) is 4.98 Å². The van der Waals surface area contributed by atoms with Crippen molar-refractivity contribution in [3.8, 4) is 0 Å². The molecule has 0 unspecified atom stereocenters. The maximum atomic E-state index is 5.70. The molecule has 1 aromatic heterocycles. The molecule has 0 atom stereocenters. The monoisotopic (exact) mass is 233 g/mol. The summed E-state index contributed by atoms with van der Waals surface area (Å²) < 4.78 is 5.43. The molecule has 0 saturated carbocycles. The fraction of sp³-hybridized carbons (Fsp3) is 0.462. The van der Waals surface area contributed by atoms with Gasteiger partial charge in [-0.1, -0.05) is 13.8 Å². The van der Waals surface area contributed by atoms with Crippen LogP contribution >= 0.6 is 0 Å². The van der Waals surface area contributed by atoms with Gasteiger partial charge in [0.05, 0.1) is 0 Å². The van der Waals surface area contributed by atoms with Gasteiger partial charge in [-0.3, -0.25) is 0 Å². The Labute approximate surface area is 101 Å². The largest absolute Gasteiger partial charge is 0.441 e. The summed E-state index contributed by atoms with van der Waals surface area (Å²) in [6, 6.07) is 5.94. The van der Waals surface area contributed by atoms with E-state index in [1.807, 2.05) is 25.1 Å². The van der Waals surface area contributed by atoms with Gasteiger partial charge in [0.15, 0.2) is 11.5 Å². The molecule has 0 spiro atoms. The number of oxazole rings is 1. The van der Waals surface area contributed by atoms with Crippen LogP contribution in [-0.4, -0.2) is 18.1 Å². The van der Waals surface area contributed by atoms with Crippen LogP contribution in [0.4, 0.5) is 5.69 Å². The first-order valence-corrected chi connectivity index (χ1v) is 5.81. The predicted molar refractivity (Wildman–Crippen MR) is 70.1 cm³/mol. The van der Waals surface area contributed by atoms with Gasteiger partial charge in [-0.2, -0.15) is 0 Å². The number of nitrogens with one attached hydrogen (secondary N) is 1. The summed E-state index contributed by atoms with van der Waals surface area (Å²) in [5, 5.41) is 3.38. The van der Waals surface area contributed by atoms with E-state index in [1.165, 1.54) is 0 Å². The quantitative estimate of drug-likeness (QED) is 0.851. The highest BCUT2D eigenvalue weighted by atomic mass is 16.3. The minimum Gasteiger partial charge on any atom is -0.441 e. The SMILES string of the molecule is Cc1nc2cc(NCC(C)(C)CN)ccc2o1. The van der Waals surface area contributed by atoms with Crippen molar-refractivity contribution in [3.05, 3.63) is 24.1 Å². The number of hydrogen-bond donors (Lipinski definition) is 2. The van der Waals surface area contributed by atoms with E-state index in [4.69, 9.17) is 10.2 Å².